The van der Waals surface area contributed by atoms with Gasteiger partial charge in [0.2, 0.25) is 0 Å². The van der Waals surface area contributed by atoms with Crippen molar-refractivity contribution in [2.75, 3.05) is 38.5 Å². The highest BCUT2D eigenvalue weighted by atomic mass is 16.2. The van der Waals surface area contributed by atoms with Crippen LogP contribution in [0.2, 0.25) is 0 Å². The van der Waals surface area contributed by atoms with Crippen LogP contribution in [0.15, 0.2) is 60.7 Å². The zero-order valence-electron chi connectivity index (χ0n) is 19.4. The summed E-state index contributed by atoms with van der Waals surface area (Å²) in [7, 11) is 1.82. The van der Waals surface area contributed by atoms with Crippen LogP contribution >= 0.6 is 0 Å². The number of carbonyl (C=O) groups is 2. The molecule has 6 nitrogen and oxygen atoms in total. The monoisotopic (exact) mass is 442 g/mol. The quantitative estimate of drug-likeness (QED) is 0.502. The number of nitrogens with one attached hydrogen (secondary N) is 2. The van der Waals surface area contributed by atoms with Crippen molar-refractivity contribution >= 4 is 29.2 Å². The van der Waals surface area contributed by atoms with Crippen molar-refractivity contribution in [2.24, 2.45) is 0 Å². The average Bonchev–Trinajstić information content (AvgIpc) is 3.43. The minimum absolute atomic E-state index is 0.0596. The van der Waals surface area contributed by atoms with Crippen molar-refractivity contribution in [1.29, 1.82) is 0 Å². The molecule has 170 valence electrons. The van der Waals surface area contributed by atoms with Gasteiger partial charge in [-0.15, -0.1) is 0 Å². The molecule has 0 saturated carbocycles. The predicted octanol–water partition coefficient (Wildman–Crippen LogP) is 4.59. The van der Waals surface area contributed by atoms with Gasteiger partial charge in [-0.25, -0.2) is 0 Å². The molecule has 2 heterocycles. The molecule has 3 aromatic rings. The number of hydrogen-bond donors (Lipinski definition) is 2. The van der Waals surface area contributed by atoms with Crippen LogP contribution in [0.3, 0.4) is 0 Å². The lowest BCUT2D eigenvalue weighted by Gasteiger charge is -2.22. The van der Waals surface area contributed by atoms with Crippen LogP contribution in [0.1, 0.15) is 35.6 Å². The van der Waals surface area contributed by atoms with Crippen LogP contribution in [0.5, 0.6) is 0 Å². The summed E-state index contributed by atoms with van der Waals surface area (Å²) in [5.74, 6) is -0.204. The van der Waals surface area contributed by atoms with Gasteiger partial charge in [0.1, 0.15) is 5.69 Å². The minimum Gasteiger partial charge on any atom is -0.351 e. The summed E-state index contributed by atoms with van der Waals surface area (Å²) in [6.07, 6.45) is 1.80. The fourth-order valence-electron chi connectivity index (χ4n) is 4.06. The third kappa shape index (κ3) is 4.91. The van der Waals surface area contributed by atoms with E-state index in [9.17, 15) is 9.59 Å². The largest absolute Gasteiger partial charge is 0.351 e. The number of anilines is 1. The van der Waals surface area contributed by atoms with Gasteiger partial charge in [-0.2, -0.15) is 0 Å². The Morgan fingerprint density at radius 1 is 0.939 bits per heavy atom. The Bertz CT molecular complexity index is 1180. The fourth-order valence-corrected chi connectivity index (χ4v) is 4.06. The van der Waals surface area contributed by atoms with Gasteiger partial charge < -0.3 is 20.1 Å². The summed E-state index contributed by atoms with van der Waals surface area (Å²) in [6.45, 7) is 7.68. The van der Waals surface area contributed by atoms with E-state index in [0.29, 0.717) is 17.8 Å². The first-order chi connectivity index (χ1) is 16.0. The Hall–Kier alpha value is -3.64. The van der Waals surface area contributed by atoms with Gasteiger partial charge in [-0.1, -0.05) is 56.3 Å². The number of nitrogens with zero attached hydrogens (tertiary/aromatic N) is 2. The van der Waals surface area contributed by atoms with Crippen molar-refractivity contribution in [2.45, 2.75) is 13.8 Å². The van der Waals surface area contributed by atoms with E-state index in [4.69, 9.17) is 0 Å². The minimum atomic E-state index is -0.144. The van der Waals surface area contributed by atoms with Crippen molar-refractivity contribution in [3.63, 3.8) is 0 Å². The fraction of sp³-hybridized carbons (Fsp3) is 0.259. The van der Waals surface area contributed by atoms with Crippen LogP contribution in [-0.2, 0) is 4.79 Å². The Morgan fingerprint density at radius 3 is 2.42 bits per heavy atom. The highest BCUT2D eigenvalue weighted by Crippen LogP contribution is 2.36. The number of fused-ring (bicyclic) bond motifs is 1. The molecule has 4 rings (SSSR count). The standard InChI is InChI=1S/C27H30N4O2/c1-4-31(5-2)16-15-30(3)27(33)24-14-12-21(28-24)18-23-22-13-11-20(17-25(22)29-26(23)32)19-9-7-6-8-10-19/h6-14,17-18,28H,4-5,15-16H2,1-3H3,(H,29,32). The van der Waals surface area contributed by atoms with Crippen LogP contribution in [0.4, 0.5) is 5.69 Å². The molecule has 1 aromatic heterocycles. The maximum absolute atomic E-state index is 12.8. The van der Waals surface area contributed by atoms with Crippen LogP contribution < -0.4 is 5.32 Å². The molecule has 0 radical (unpaired) electrons. The third-order valence-electron chi connectivity index (χ3n) is 6.14. The van der Waals surface area contributed by atoms with E-state index >= 15 is 0 Å². The predicted molar refractivity (Wildman–Crippen MR) is 134 cm³/mol. The SMILES string of the molecule is CCN(CC)CCN(C)C(=O)c1ccc(C=C2C(=O)Nc3cc(-c4ccccc4)ccc32)[nH]1. The summed E-state index contributed by atoms with van der Waals surface area (Å²) in [5.41, 5.74) is 5.63. The number of amides is 2. The Kier molecular flexibility index (Phi) is 6.75. The van der Waals surface area contributed by atoms with Gasteiger partial charge in [0.25, 0.3) is 11.8 Å². The van der Waals surface area contributed by atoms with E-state index in [1.165, 1.54) is 0 Å². The topological polar surface area (TPSA) is 68.4 Å². The molecule has 33 heavy (non-hydrogen) atoms. The molecule has 0 unspecified atom stereocenters. The molecule has 2 N–H and O–H groups in total. The van der Waals surface area contributed by atoms with Gasteiger partial charge in [0.15, 0.2) is 0 Å². The number of aromatic nitrogens is 1. The van der Waals surface area contributed by atoms with Gasteiger partial charge >= 0.3 is 0 Å². The van der Waals surface area contributed by atoms with Crippen molar-refractivity contribution < 1.29 is 9.59 Å². The molecular weight excluding hydrogens is 412 g/mol. The van der Waals surface area contributed by atoms with Gasteiger partial charge in [-0.3, -0.25) is 9.59 Å². The molecule has 1 aliphatic heterocycles. The van der Waals surface area contributed by atoms with Gasteiger partial charge in [-0.05, 0) is 48.5 Å². The molecule has 2 amide bonds. The number of rotatable bonds is 8. The lowest BCUT2D eigenvalue weighted by molar-refractivity contribution is -0.110. The summed E-state index contributed by atoms with van der Waals surface area (Å²) >= 11 is 0. The van der Waals surface area contributed by atoms with E-state index in [1.807, 2.05) is 61.6 Å². The molecule has 0 spiro atoms. The number of benzene rings is 2. The Balaban J connectivity index is 1.51. The van der Waals surface area contributed by atoms with Crippen molar-refractivity contribution in [3.05, 3.63) is 77.6 Å². The Labute approximate surface area is 194 Å². The van der Waals surface area contributed by atoms with E-state index in [-0.39, 0.29) is 11.8 Å². The normalized spacial score (nSPS) is 13.9. The first kappa shape index (κ1) is 22.6. The van der Waals surface area contributed by atoms with E-state index < -0.39 is 0 Å². The number of H-pyrrole nitrogens is 1. The molecule has 0 saturated heterocycles. The highest BCUT2D eigenvalue weighted by molar-refractivity contribution is 6.35. The van der Waals surface area contributed by atoms with E-state index in [1.54, 1.807) is 17.0 Å². The van der Waals surface area contributed by atoms with Crippen molar-refractivity contribution in [1.82, 2.24) is 14.8 Å². The summed E-state index contributed by atoms with van der Waals surface area (Å²) in [4.78, 5) is 32.6. The van der Waals surface area contributed by atoms with Gasteiger partial charge in [0.05, 0.1) is 5.57 Å². The zero-order chi connectivity index (χ0) is 23.4. The van der Waals surface area contributed by atoms with Gasteiger partial charge in [0, 0.05) is 37.1 Å². The summed E-state index contributed by atoms with van der Waals surface area (Å²) in [6, 6.07) is 19.7. The zero-order valence-corrected chi connectivity index (χ0v) is 19.4. The van der Waals surface area contributed by atoms with Crippen LogP contribution in [-0.4, -0.2) is 59.8 Å². The summed E-state index contributed by atoms with van der Waals surface area (Å²) in [5, 5.41) is 2.96. The molecule has 0 aliphatic carbocycles. The smallest absolute Gasteiger partial charge is 0.270 e. The second kappa shape index (κ2) is 9.88. The molecule has 1 aliphatic rings. The maximum atomic E-state index is 12.8. The molecular formula is C27H30N4O2. The molecule has 0 bridgehead atoms. The lowest BCUT2D eigenvalue weighted by atomic mass is 10.00. The van der Waals surface area contributed by atoms with E-state index in [0.717, 1.165) is 47.7 Å². The summed E-state index contributed by atoms with van der Waals surface area (Å²) < 4.78 is 0. The first-order valence-electron chi connectivity index (χ1n) is 11.4. The number of aromatic amines is 1. The molecule has 0 atom stereocenters. The van der Waals surface area contributed by atoms with E-state index in [2.05, 4.69) is 29.0 Å². The number of likely N-dealkylation sites (N-methyl/N-ethyl adjacent to an activating group) is 2. The first-order valence-corrected chi connectivity index (χ1v) is 11.4. The second-order valence-electron chi connectivity index (χ2n) is 8.22. The highest BCUT2D eigenvalue weighted by Gasteiger charge is 2.25. The number of carbonyl (C=O) groups excluding carboxylic acids is 2. The second-order valence-corrected chi connectivity index (χ2v) is 8.22. The molecule has 0 fully saturated rings. The van der Waals surface area contributed by atoms with Crippen LogP contribution in [0.25, 0.3) is 22.8 Å². The molecule has 2 aromatic carbocycles. The molecule has 6 heteroatoms. The lowest BCUT2D eigenvalue weighted by Crippen LogP contribution is -2.36. The number of hydrogen-bond acceptors (Lipinski definition) is 3. The maximum Gasteiger partial charge on any atom is 0.270 e. The van der Waals surface area contributed by atoms with Crippen LogP contribution in [0, 0.1) is 0 Å². The third-order valence-corrected chi connectivity index (χ3v) is 6.14. The average molecular weight is 443 g/mol. The Morgan fingerprint density at radius 2 is 1.70 bits per heavy atom. The van der Waals surface area contributed by atoms with Crippen molar-refractivity contribution in [3.8, 4) is 11.1 Å².